The van der Waals surface area contributed by atoms with Crippen molar-refractivity contribution in [2.24, 2.45) is 0 Å². The van der Waals surface area contributed by atoms with Gasteiger partial charge in [0.2, 0.25) is 0 Å². The van der Waals surface area contributed by atoms with Gasteiger partial charge < -0.3 is 14.6 Å². The summed E-state index contributed by atoms with van der Waals surface area (Å²) < 4.78 is 19.4. The van der Waals surface area contributed by atoms with Gasteiger partial charge >= 0.3 is 0 Å². The lowest BCUT2D eigenvalue weighted by molar-refractivity contribution is 0.306. The molecule has 0 aliphatic carbocycles. The quantitative estimate of drug-likeness (QED) is 0.613. The van der Waals surface area contributed by atoms with Crippen LogP contribution in [0.4, 0.5) is 10.1 Å². The fraction of sp³-hybridized carbons (Fsp3) is 0.167. The molecule has 0 spiro atoms. The zero-order valence-electron chi connectivity index (χ0n) is 13.1. The van der Waals surface area contributed by atoms with E-state index in [0.717, 1.165) is 5.76 Å². The van der Waals surface area contributed by atoms with Crippen LogP contribution in [0.2, 0.25) is 0 Å². The van der Waals surface area contributed by atoms with Crippen LogP contribution in [0, 0.1) is 5.82 Å². The Morgan fingerprint density at radius 2 is 2.08 bits per heavy atom. The van der Waals surface area contributed by atoms with Crippen LogP contribution in [0.3, 0.4) is 0 Å². The third kappa shape index (κ3) is 3.83. The van der Waals surface area contributed by atoms with E-state index in [2.05, 4.69) is 18.3 Å². The summed E-state index contributed by atoms with van der Waals surface area (Å²) >= 11 is 7.22. The Hall–Kier alpha value is -2.18. The summed E-state index contributed by atoms with van der Waals surface area (Å²) in [4.78, 5) is 3.17. The lowest BCUT2D eigenvalue weighted by Gasteiger charge is -2.30. The SMILES string of the molecule is C[C@H](c1cccs1)N(Cc1ccco1)C(=S)Nc1ccccc1F. The number of hydrogen-bond donors (Lipinski definition) is 1. The first-order chi connectivity index (χ1) is 11.6. The molecule has 0 fully saturated rings. The fourth-order valence-electron chi connectivity index (χ4n) is 2.39. The molecule has 1 aromatic carbocycles. The van der Waals surface area contributed by atoms with Crippen LogP contribution in [0.1, 0.15) is 23.6 Å². The topological polar surface area (TPSA) is 28.4 Å². The van der Waals surface area contributed by atoms with E-state index < -0.39 is 0 Å². The van der Waals surface area contributed by atoms with Gasteiger partial charge in [-0.3, -0.25) is 0 Å². The van der Waals surface area contributed by atoms with Gasteiger partial charge in [0.1, 0.15) is 11.6 Å². The van der Waals surface area contributed by atoms with Crippen LogP contribution < -0.4 is 5.32 Å². The van der Waals surface area contributed by atoms with Crippen molar-refractivity contribution in [3.63, 3.8) is 0 Å². The number of nitrogens with zero attached hydrogens (tertiary/aromatic N) is 1. The lowest BCUT2D eigenvalue weighted by atomic mass is 10.2. The van der Waals surface area contributed by atoms with Gasteiger partial charge in [-0.05, 0) is 54.9 Å². The number of thiocarbonyl (C=S) groups is 1. The molecule has 3 aromatic rings. The molecule has 0 radical (unpaired) electrons. The molecule has 1 N–H and O–H groups in total. The third-order valence-corrected chi connectivity index (χ3v) is 5.08. The minimum Gasteiger partial charge on any atom is -0.467 e. The first kappa shape index (κ1) is 16.7. The molecule has 0 saturated carbocycles. The Morgan fingerprint density at radius 3 is 2.75 bits per heavy atom. The number of hydrogen-bond acceptors (Lipinski definition) is 3. The van der Waals surface area contributed by atoms with Crippen molar-refractivity contribution < 1.29 is 8.81 Å². The van der Waals surface area contributed by atoms with Gasteiger partial charge in [0.15, 0.2) is 5.11 Å². The van der Waals surface area contributed by atoms with Gasteiger partial charge in [-0.2, -0.15) is 0 Å². The van der Waals surface area contributed by atoms with Crippen LogP contribution in [0.5, 0.6) is 0 Å². The van der Waals surface area contributed by atoms with E-state index in [-0.39, 0.29) is 11.9 Å². The zero-order valence-corrected chi connectivity index (χ0v) is 14.7. The van der Waals surface area contributed by atoms with E-state index in [1.165, 1.54) is 10.9 Å². The lowest BCUT2D eigenvalue weighted by Crippen LogP contribution is -2.36. The number of furan rings is 1. The van der Waals surface area contributed by atoms with Crippen LogP contribution in [0.25, 0.3) is 0 Å². The second kappa shape index (κ2) is 7.59. The molecule has 3 rings (SSSR count). The number of anilines is 1. The van der Waals surface area contributed by atoms with Gasteiger partial charge in [0, 0.05) is 4.88 Å². The summed E-state index contributed by atoms with van der Waals surface area (Å²) in [5.41, 5.74) is 0.366. The molecule has 0 unspecified atom stereocenters. The first-order valence-electron chi connectivity index (χ1n) is 7.53. The molecule has 6 heteroatoms. The standard InChI is InChI=1S/C18H17FN2OS2/c1-13(17-9-5-11-24-17)21(12-14-6-4-10-22-14)18(23)20-16-8-3-2-7-15(16)19/h2-11,13H,12H2,1H3,(H,20,23)/t13-/m1/s1. The van der Waals surface area contributed by atoms with Crippen LogP contribution in [-0.2, 0) is 6.54 Å². The summed E-state index contributed by atoms with van der Waals surface area (Å²) in [5, 5.41) is 5.50. The molecule has 2 heterocycles. The van der Waals surface area contributed by atoms with Gasteiger partial charge in [-0.1, -0.05) is 18.2 Å². The predicted octanol–water partition coefficient (Wildman–Crippen LogP) is 5.44. The number of nitrogens with one attached hydrogen (secondary N) is 1. The molecule has 0 aliphatic rings. The predicted molar refractivity (Wildman–Crippen MR) is 99.6 cm³/mol. The van der Waals surface area contributed by atoms with Crippen LogP contribution in [-0.4, -0.2) is 10.0 Å². The average molecular weight is 360 g/mol. The Morgan fingerprint density at radius 1 is 1.25 bits per heavy atom. The van der Waals surface area contributed by atoms with Gasteiger partial charge in [-0.15, -0.1) is 11.3 Å². The molecule has 0 bridgehead atoms. The highest BCUT2D eigenvalue weighted by Gasteiger charge is 2.21. The van der Waals surface area contributed by atoms with Crippen LogP contribution in [0.15, 0.2) is 64.6 Å². The molecule has 2 aromatic heterocycles. The molecule has 124 valence electrons. The maximum Gasteiger partial charge on any atom is 0.174 e. The van der Waals surface area contributed by atoms with Crippen molar-refractivity contribution in [1.29, 1.82) is 0 Å². The average Bonchev–Trinajstić information content (AvgIpc) is 3.27. The Balaban J connectivity index is 1.83. The van der Waals surface area contributed by atoms with Crippen molar-refractivity contribution in [3.8, 4) is 0 Å². The van der Waals surface area contributed by atoms with Crippen molar-refractivity contribution in [2.45, 2.75) is 19.5 Å². The van der Waals surface area contributed by atoms with Crippen molar-refractivity contribution in [2.75, 3.05) is 5.32 Å². The molecular weight excluding hydrogens is 343 g/mol. The summed E-state index contributed by atoms with van der Waals surface area (Å²) in [6.07, 6.45) is 1.64. The fourth-order valence-corrected chi connectivity index (χ4v) is 3.52. The molecule has 0 amide bonds. The summed E-state index contributed by atoms with van der Waals surface area (Å²) in [6, 6.07) is 14.4. The number of halogens is 1. The Labute approximate surface area is 149 Å². The van der Waals surface area contributed by atoms with E-state index in [4.69, 9.17) is 16.6 Å². The molecule has 3 nitrogen and oxygen atoms in total. The van der Waals surface area contributed by atoms with E-state index in [1.54, 1.807) is 35.8 Å². The van der Waals surface area contributed by atoms with Crippen LogP contribution >= 0.6 is 23.6 Å². The number of benzene rings is 1. The highest BCUT2D eigenvalue weighted by atomic mass is 32.1. The summed E-state index contributed by atoms with van der Waals surface area (Å²) in [6.45, 7) is 2.58. The second-order valence-corrected chi connectivity index (χ2v) is 6.67. The van der Waals surface area contributed by atoms with Gasteiger partial charge in [-0.25, -0.2) is 4.39 Å². The summed E-state index contributed by atoms with van der Waals surface area (Å²) in [5.74, 6) is 0.470. The molecular formula is C18H17FN2OS2. The van der Waals surface area contributed by atoms with E-state index in [9.17, 15) is 4.39 Å². The van der Waals surface area contributed by atoms with Crippen molar-refractivity contribution in [1.82, 2.24) is 4.90 Å². The maximum atomic E-state index is 13.9. The Bertz CT molecular complexity index is 787. The number of para-hydroxylation sites is 1. The van der Waals surface area contributed by atoms with Gasteiger partial charge in [0.05, 0.1) is 24.5 Å². The zero-order chi connectivity index (χ0) is 16.9. The second-order valence-electron chi connectivity index (χ2n) is 5.31. The number of rotatable bonds is 5. The summed E-state index contributed by atoms with van der Waals surface area (Å²) in [7, 11) is 0. The third-order valence-electron chi connectivity index (χ3n) is 3.71. The normalized spacial score (nSPS) is 11.9. The minimum absolute atomic E-state index is 0.0434. The highest BCUT2D eigenvalue weighted by Crippen LogP contribution is 2.27. The molecule has 0 saturated heterocycles. The van der Waals surface area contributed by atoms with E-state index >= 15 is 0 Å². The maximum absolute atomic E-state index is 13.9. The van der Waals surface area contributed by atoms with Gasteiger partial charge in [0.25, 0.3) is 0 Å². The van der Waals surface area contributed by atoms with E-state index in [1.807, 2.05) is 28.5 Å². The molecule has 0 aliphatic heterocycles. The molecule has 24 heavy (non-hydrogen) atoms. The van der Waals surface area contributed by atoms with Crippen molar-refractivity contribution >= 4 is 34.4 Å². The molecule has 1 atom stereocenters. The van der Waals surface area contributed by atoms with E-state index in [0.29, 0.717) is 17.3 Å². The highest BCUT2D eigenvalue weighted by molar-refractivity contribution is 7.80. The monoisotopic (exact) mass is 360 g/mol. The minimum atomic E-state index is -0.332. The number of thiophene rings is 1. The first-order valence-corrected chi connectivity index (χ1v) is 8.82. The Kier molecular flexibility index (Phi) is 5.27. The largest absolute Gasteiger partial charge is 0.467 e. The van der Waals surface area contributed by atoms with Crippen molar-refractivity contribution in [3.05, 3.63) is 76.6 Å². The smallest absolute Gasteiger partial charge is 0.174 e.